The highest BCUT2D eigenvalue weighted by atomic mass is 32.2. The average molecular weight is 575 g/mol. The number of thioether (sulfide) groups is 2. The molecule has 0 spiro atoms. The topological polar surface area (TPSA) is 92.3 Å². The molecular weight excluding hydrogens is 536 g/mol. The van der Waals surface area contributed by atoms with Gasteiger partial charge in [0, 0.05) is 50.8 Å². The van der Waals surface area contributed by atoms with E-state index in [9.17, 15) is 4.79 Å². The van der Waals surface area contributed by atoms with Gasteiger partial charge in [-0.25, -0.2) is 14.8 Å². The number of morpholine rings is 2. The minimum atomic E-state index is -0.503. The molecular formula is C27H38N6O4S2. The monoisotopic (exact) mass is 574 g/mol. The Labute approximate surface area is 239 Å². The van der Waals surface area contributed by atoms with E-state index in [4.69, 9.17) is 14.2 Å². The number of anilines is 4. The number of aromatic nitrogens is 2. The van der Waals surface area contributed by atoms with Gasteiger partial charge in [0.25, 0.3) is 0 Å². The molecule has 4 aliphatic heterocycles. The Morgan fingerprint density at radius 2 is 1.46 bits per heavy atom. The van der Waals surface area contributed by atoms with Crippen LogP contribution in [0.4, 0.5) is 27.5 Å². The van der Waals surface area contributed by atoms with E-state index in [2.05, 4.69) is 31.2 Å². The molecule has 0 aliphatic carbocycles. The molecule has 0 aromatic carbocycles. The third-order valence-electron chi connectivity index (χ3n) is 6.52. The molecule has 4 aliphatic rings. The summed E-state index contributed by atoms with van der Waals surface area (Å²) in [5.41, 5.74) is 3.76. The maximum Gasteiger partial charge on any atom is 0.414 e. The van der Waals surface area contributed by atoms with Crippen LogP contribution in [0.25, 0.3) is 0 Å². The minimum absolute atomic E-state index is 0.306. The number of carbonyl (C=O) groups is 1. The van der Waals surface area contributed by atoms with E-state index >= 15 is 0 Å². The third kappa shape index (κ3) is 7.41. The minimum Gasteiger partial charge on any atom is -0.443 e. The highest BCUT2D eigenvalue weighted by molar-refractivity contribution is 7.99. The van der Waals surface area contributed by atoms with Crippen LogP contribution in [0.15, 0.2) is 34.6 Å². The summed E-state index contributed by atoms with van der Waals surface area (Å²) in [4.78, 5) is 27.8. The van der Waals surface area contributed by atoms with Crippen molar-refractivity contribution in [1.82, 2.24) is 9.97 Å². The number of nitrogens with zero attached hydrogens (tertiary/aromatic N) is 5. The van der Waals surface area contributed by atoms with Gasteiger partial charge in [-0.3, -0.25) is 4.90 Å². The third-order valence-corrected chi connectivity index (χ3v) is 8.50. The predicted octanol–water partition coefficient (Wildman–Crippen LogP) is 4.20. The SMILES string of the molecule is CC(C)(C)OC(=O)N1CCSc2ncc(N3CCOCC3)cc21.c1nc2c(cc1N1CCOCC1)NCCS2. The summed E-state index contributed by atoms with van der Waals surface area (Å²) in [5, 5.41) is 5.42. The molecule has 2 saturated heterocycles. The molecule has 0 unspecified atom stereocenters. The summed E-state index contributed by atoms with van der Waals surface area (Å²) in [7, 11) is 0. The van der Waals surface area contributed by atoms with E-state index in [1.54, 1.807) is 16.7 Å². The van der Waals surface area contributed by atoms with Gasteiger partial charge in [0.1, 0.15) is 15.7 Å². The Balaban J connectivity index is 0.000000168. The number of ether oxygens (including phenoxy) is 3. The molecule has 1 amide bonds. The number of nitrogens with one attached hydrogen (secondary N) is 1. The lowest BCUT2D eigenvalue weighted by atomic mass is 10.2. The standard InChI is InChI=1S/C16H23N3O3S.C11H15N3OS/c1-16(2,3)22-15(20)19-6-9-23-14-13(19)10-12(11-17-14)18-4-7-21-8-5-18;1-6-16-11-10(12-1)7-9(8-13-11)14-2-4-15-5-3-14/h10-11H,4-9H2,1-3H3;7-8,12H,1-6H2. The van der Waals surface area contributed by atoms with Crippen LogP contribution in [0.1, 0.15) is 20.8 Å². The van der Waals surface area contributed by atoms with Crippen molar-refractivity contribution in [2.45, 2.75) is 36.4 Å². The van der Waals surface area contributed by atoms with Gasteiger partial charge in [-0.05, 0) is 32.9 Å². The molecule has 12 heteroatoms. The van der Waals surface area contributed by atoms with Crippen molar-refractivity contribution in [3.63, 3.8) is 0 Å². The van der Waals surface area contributed by atoms with Crippen molar-refractivity contribution in [2.24, 2.45) is 0 Å². The fraction of sp³-hybridized carbons (Fsp3) is 0.593. The van der Waals surface area contributed by atoms with Crippen LogP contribution in [0, 0.1) is 0 Å². The van der Waals surface area contributed by atoms with Gasteiger partial charge in [-0.1, -0.05) is 0 Å². The molecule has 2 aromatic heterocycles. The van der Waals surface area contributed by atoms with Gasteiger partial charge in [-0.15, -0.1) is 23.5 Å². The zero-order valence-corrected chi connectivity index (χ0v) is 24.6. The molecule has 2 aromatic rings. The number of rotatable bonds is 2. The Morgan fingerprint density at radius 1 is 0.872 bits per heavy atom. The summed E-state index contributed by atoms with van der Waals surface area (Å²) < 4.78 is 16.3. The van der Waals surface area contributed by atoms with E-state index in [-0.39, 0.29) is 6.09 Å². The maximum atomic E-state index is 12.5. The molecule has 2 fully saturated rings. The quantitative estimate of drug-likeness (QED) is 0.559. The highest BCUT2D eigenvalue weighted by Crippen LogP contribution is 2.36. The van der Waals surface area contributed by atoms with Crippen molar-refractivity contribution in [2.75, 3.05) is 97.2 Å². The Morgan fingerprint density at radius 3 is 2.10 bits per heavy atom. The van der Waals surface area contributed by atoms with E-state index in [0.717, 1.165) is 92.1 Å². The summed E-state index contributed by atoms with van der Waals surface area (Å²) >= 11 is 3.51. The van der Waals surface area contributed by atoms with Crippen LogP contribution < -0.4 is 20.0 Å². The predicted molar refractivity (Wildman–Crippen MR) is 158 cm³/mol. The van der Waals surface area contributed by atoms with Crippen LogP contribution in [0.2, 0.25) is 0 Å². The molecule has 0 atom stereocenters. The van der Waals surface area contributed by atoms with Crippen LogP contribution >= 0.6 is 23.5 Å². The lowest BCUT2D eigenvalue weighted by molar-refractivity contribution is 0.0581. The molecule has 10 nitrogen and oxygen atoms in total. The van der Waals surface area contributed by atoms with E-state index < -0.39 is 5.60 Å². The number of hydrogen-bond donors (Lipinski definition) is 1. The maximum absolute atomic E-state index is 12.5. The number of amides is 1. The zero-order valence-electron chi connectivity index (χ0n) is 23.0. The van der Waals surface area contributed by atoms with E-state index in [1.807, 2.05) is 51.0 Å². The molecule has 6 heterocycles. The summed E-state index contributed by atoms with van der Waals surface area (Å²) in [5.74, 6) is 1.94. The normalized spacial score (nSPS) is 19.2. The van der Waals surface area contributed by atoms with Crippen molar-refractivity contribution < 1.29 is 19.0 Å². The first-order valence-corrected chi connectivity index (χ1v) is 15.5. The van der Waals surface area contributed by atoms with E-state index in [0.29, 0.717) is 6.54 Å². The van der Waals surface area contributed by atoms with Crippen molar-refractivity contribution in [1.29, 1.82) is 0 Å². The van der Waals surface area contributed by atoms with Crippen molar-refractivity contribution in [3.05, 3.63) is 24.5 Å². The summed E-state index contributed by atoms with van der Waals surface area (Å²) in [6, 6.07) is 4.25. The van der Waals surface area contributed by atoms with Crippen LogP contribution in [0.3, 0.4) is 0 Å². The first kappa shape index (κ1) is 28.1. The lowest BCUT2D eigenvalue weighted by Gasteiger charge is -2.33. The summed E-state index contributed by atoms with van der Waals surface area (Å²) in [6.07, 6.45) is 3.56. The smallest absolute Gasteiger partial charge is 0.414 e. The Hall–Kier alpha value is -2.41. The number of fused-ring (bicyclic) bond motifs is 2. The van der Waals surface area contributed by atoms with Crippen molar-refractivity contribution >= 4 is 52.4 Å². The number of hydrogen-bond acceptors (Lipinski definition) is 11. The largest absolute Gasteiger partial charge is 0.443 e. The van der Waals surface area contributed by atoms with E-state index in [1.165, 1.54) is 11.4 Å². The molecule has 0 bridgehead atoms. The fourth-order valence-electron chi connectivity index (χ4n) is 4.60. The highest BCUT2D eigenvalue weighted by Gasteiger charge is 2.29. The number of pyridine rings is 2. The second kappa shape index (κ2) is 12.8. The molecule has 39 heavy (non-hydrogen) atoms. The lowest BCUT2D eigenvalue weighted by Crippen LogP contribution is -2.40. The first-order chi connectivity index (χ1) is 18.9. The van der Waals surface area contributed by atoms with Crippen LogP contribution in [-0.4, -0.2) is 98.9 Å². The molecule has 0 saturated carbocycles. The van der Waals surface area contributed by atoms with Gasteiger partial charge in [0.2, 0.25) is 0 Å². The fourth-order valence-corrected chi connectivity index (χ4v) is 6.32. The second-order valence-electron chi connectivity index (χ2n) is 10.5. The molecule has 1 N–H and O–H groups in total. The van der Waals surface area contributed by atoms with Gasteiger partial charge >= 0.3 is 6.09 Å². The Bertz CT molecular complexity index is 1140. The Kier molecular flexibility index (Phi) is 9.26. The number of carbonyl (C=O) groups excluding carboxylic acids is 1. The summed E-state index contributed by atoms with van der Waals surface area (Å²) in [6.45, 7) is 14.0. The van der Waals surface area contributed by atoms with Gasteiger partial charge < -0.3 is 29.3 Å². The van der Waals surface area contributed by atoms with Gasteiger partial charge in [-0.2, -0.15) is 0 Å². The second-order valence-corrected chi connectivity index (χ2v) is 12.7. The zero-order chi connectivity index (χ0) is 27.2. The van der Waals surface area contributed by atoms with Crippen molar-refractivity contribution in [3.8, 4) is 0 Å². The average Bonchev–Trinajstić information content (AvgIpc) is 2.96. The molecule has 212 valence electrons. The molecule has 0 radical (unpaired) electrons. The molecule has 6 rings (SSSR count). The first-order valence-electron chi connectivity index (χ1n) is 13.5. The van der Waals surface area contributed by atoms with Gasteiger partial charge in [0.15, 0.2) is 0 Å². The van der Waals surface area contributed by atoms with Crippen LogP contribution in [0.5, 0.6) is 0 Å². The van der Waals surface area contributed by atoms with Gasteiger partial charge in [0.05, 0.1) is 61.6 Å². The van der Waals surface area contributed by atoms with Crippen LogP contribution in [-0.2, 0) is 14.2 Å².